The van der Waals surface area contributed by atoms with Crippen molar-refractivity contribution in [3.8, 4) is 0 Å². The number of rotatable bonds is 6. The van der Waals surface area contributed by atoms with Gasteiger partial charge in [0.25, 0.3) is 0 Å². The predicted molar refractivity (Wildman–Crippen MR) is 127 cm³/mol. The number of benzene rings is 2. The zero-order valence-electron chi connectivity index (χ0n) is 19.0. The molecule has 32 heavy (non-hydrogen) atoms. The molecule has 0 aliphatic carbocycles. The molecule has 2 amide bonds. The smallest absolute Gasteiger partial charge is 0.413 e. The van der Waals surface area contributed by atoms with Gasteiger partial charge in [0, 0.05) is 35.8 Å². The summed E-state index contributed by atoms with van der Waals surface area (Å²) < 4.78 is 6.65. The van der Waals surface area contributed by atoms with Crippen molar-refractivity contribution in [2.45, 2.75) is 27.3 Å². The lowest BCUT2D eigenvalue weighted by Gasteiger charge is -2.15. The summed E-state index contributed by atoms with van der Waals surface area (Å²) in [6.45, 7) is 6.69. The highest BCUT2D eigenvalue weighted by molar-refractivity contribution is 6.02. The molecule has 0 saturated carbocycles. The standard InChI is InChI=1S/C25H28N4O3/c1-17-6-8-20(9-7-17)16-29-19(3)23(18(2)27-29)14-15-24(30)26-21-10-12-22(13-11-21)28(4)25(31)32-5/h6-15H,16H2,1-5H3,(H,26,30)/b15-14+. The monoisotopic (exact) mass is 432 g/mol. The highest BCUT2D eigenvalue weighted by atomic mass is 16.5. The Hall–Kier alpha value is -3.87. The summed E-state index contributed by atoms with van der Waals surface area (Å²) in [6.07, 6.45) is 2.83. The molecule has 0 aliphatic heterocycles. The van der Waals surface area contributed by atoms with Gasteiger partial charge in [-0.05, 0) is 56.7 Å². The van der Waals surface area contributed by atoms with E-state index in [4.69, 9.17) is 4.74 Å². The van der Waals surface area contributed by atoms with Crippen LogP contribution in [0.5, 0.6) is 0 Å². The van der Waals surface area contributed by atoms with Crippen molar-refractivity contribution in [3.05, 3.63) is 82.7 Å². The van der Waals surface area contributed by atoms with E-state index >= 15 is 0 Å². The van der Waals surface area contributed by atoms with Crippen LogP contribution in [0.1, 0.15) is 28.1 Å². The first-order chi connectivity index (χ1) is 15.3. The summed E-state index contributed by atoms with van der Waals surface area (Å²) in [6, 6.07) is 15.3. The summed E-state index contributed by atoms with van der Waals surface area (Å²) in [4.78, 5) is 25.4. The van der Waals surface area contributed by atoms with Gasteiger partial charge in [0.1, 0.15) is 0 Å². The van der Waals surface area contributed by atoms with Crippen molar-refractivity contribution in [1.82, 2.24) is 9.78 Å². The van der Waals surface area contributed by atoms with E-state index in [0.717, 1.165) is 17.0 Å². The number of hydrogen-bond acceptors (Lipinski definition) is 4. The van der Waals surface area contributed by atoms with Gasteiger partial charge in [0.15, 0.2) is 0 Å². The number of aromatic nitrogens is 2. The zero-order chi connectivity index (χ0) is 23.3. The second-order valence-electron chi connectivity index (χ2n) is 7.63. The summed E-state index contributed by atoms with van der Waals surface area (Å²) in [5.41, 5.74) is 6.50. The number of aryl methyl sites for hydroxylation is 2. The van der Waals surface area contributed by atoms with E-state index in [2.05, 4.69) is 41.6 Å². The number of carbonyl (C=O) groups excluding carboxylic acids is 2. The van der Waals surface area contributed by atoms with Crippen molar-refractivity contribution in [3.63, 3.8) is 0 Å². The molecule has 166 valence electrons. The first-order valence-corrected chi connectivity index (χ1v) is 10.3. The van der Waals surface area contributed by atoms with E-state index in [1.54, 1.807) is 37.4 Å². The lowest BCUT2D eigenvalue weighted by Crippen LogP contribution is -2.25. The summed E-state index contributed by atoms with van der Waals surface area (Å²) in [5, 5.41) is 7.45. The third-order valence-electron chi connectivity index (χ3n) is 5.26. The summed E-state index contributed by atoms with van der Waals surface area (Å²) >= 11 is 0. The second kappa shape index (κ2) is 9.96. The first-order valence-electron chi connectivity index (χ1n) is 10.3. The van der Waals surface area contributed by atoms with Crippen molar-refractivity contribution in [1.29, 1.82) is 0 Å². The molecular formula is C25H28N4O3. The number of anilines is 2. The first kappa shape index (κ1) is 22.8. The van der Waals surface area contributed by atoms with Gasteiger partial charge in [-0.25, -0.2) is 4.79 Å². The topological polar surface area (TPSA) is 76.5 Å². The Morgan fingerprint density at radius 3 is 2.34 bits per heavy atom. The molecule has 0 aliphatic rings. The van der Waals surface area contributed by atoms with Crippen molar-refractivity contribution in [2.24, 2.45) is 0 Å². The predicted octanol–water partition coefficient (Wildman–Crippen LogP) is 4.71. The number of amides is 2. The van der Waals surface area contributed by atoms with E-state index in [-0.39, 0.29) is 5.91 Å². The Bertz CT molecular complexity index is 1130. The fraction of sp³-hybridized carbons (Fsp3) is 0.240. The Morgan fingerprint density at radius 2 is 1.72 bits per heavy atom. The van der Waals surface area contributed by atoms with Crippen molar-refractivity contribution in [2.75, 3.05) is 24.4 Å². The molecule has 3 rings (SSSR count). The van der Waals surface area contributed by atoms with Gasteiger partial charge >= 0.3 is 6.09 Å². The molecule has 0 fully saturated rings. The lowest BCUT2D eigenvalue weighted by molar-refractivity contribution is -0.111. The van der Waals surface area contributed by atoms with Crippen LogP contribution >= 0.6 is 0 Å². The minimum Gasteiger partial charge on any atom is -0.452 e. The fourth-order valence-electron chi connectivity index (χ4n) is 3.33. The van der Waals surface area contributed by atoms with Gasteiger partial charge < -0.3 is 10.1 Å². The molecule has 7 heteroatoms. The minimum atomic E-state index is -0.460. The van der Waals surface area contributed by atoms with Crippen LogP contribution in [0.25, 0.3) is 6.08 Å². The van der Waals surface area contributed by atoms with E-state index in [1.165, 1.54) is 29.2 Å². The Morgan fingerprint density at radius 1 is 1.06 bits per heavy atom. The highest BCUT2D eigenvalue weighted by Crippen LogP contribution is 2.19. The number of ether oxygens (including phenoxy) is 1. The van der Waals surface area contributed by atoms with Gasteiger partial charge in [-0.3, -0.25) is 14.4 Å². The SMILES string of the molecule is COC(=O)N(C)c1ccc(NC(=O)/C=C/c2c(C)nn(Cc3ccc(C)cc3)c2C)cc1. The van der Waals surface area contributed by atoms with Crippen LogP contribution in [0.3, 0.4) is 0 Å². The average molecular weight is 433 g/mol. The molecule has 0 bridgehead atoms. The lowest BCUT2D eigenvalue weighted by atomic mass is 10.1. The molecule has 0 unspecified atom stereocenters. The van der Waals surface area contributed by atoms with Gasteiger partial charge in [-0.15, -0.1) is 0 Å². The molecule has 0 radical (unpaired) electrons. The van der Waals surface area contributed by atoms with Crippen LogP contribution in [0.4, 0.5) is 16.2 Å². The maximum absolute atomic E-state index is 12.4. The van der Waals surface area contributed by atoms with Crippen LogP contribution in [-0.4, -0.2) is 35.9 Å². The van der Waals surface area contributed by atoms with Crippen LogP contribution < -0.4 is 10.2 Å². The molecule has 1 aromatic heterocycles. The van der Waals surface area contributed by atoms with E-state index in [9.17, 15) is 9.59 Å². The minimum absolute atomic E-state index is 0.246. The highest BCUT2D eigenvalue weighted by Gasteiger charge is 2.12. The molecule has 3 aromatic rings. The summed E-state index contributed by atoms with van der Waals surface area (Å²) in [5.74, 6) is -0.246. The number of nitrogens with zero attached hydrogens (tertiary/aromatic N) is 3. The molecule has 1 heterocycles. The van der Waals surface area contributed by atoms with E-state index in [0.29, 0.717) is 17.9 Å². The normalized spacial score (nSPS) is 10.9. The number of methoxy groups -OCH3 is 1. The molecule has 0 spiro atoms. The summed E-state index contributed by atoms with van der Waals surface area (Å²) in [7, 11) is 2.95. The number of carbonyl (C=O) groups is 2. The zero-order valence-corrected chi connectivity index (χ0v) is 19.0. The number of nitrogens with one attached hydrogen (secondary N) is 1. The molecule has 0 saturated heterocycles. The molecule has 1 N–H and O–H groups in total. The van der Waals surface area contributed by atoms with Gasteiger partial charge in [0.05, 0.1) is 19.3 Å². The Kier molecular flexibility index (Phi) is 7.10. The van der Waals surface area contributed by atoms with Gasteiger partial charge in [-0.2, -0.15) is 5.10 Å². The van der Waals surface area contributed by atoms with Gasteiger partial charge in [-0.1, -0.05) is 29.8 Å². The van der Waals surface area contributed by atoms with Crippen molar-refractivity contribution >= 4 is 29.5 Å². The molecule has 7 nitrogen and oxygen atoms in total. The fourth-order valence-corrected chi connectivity index (χ4v) is 3.33. The number of hydrogen-bond donors (Lipinski definition) is 1. The van der Waals surface area contributed by atoms with Gasteiger partial charge in [0.2, 0.25) is 5.91 Å². The maximum Gasteiger partial charge on any atom is 0.413 e. The third-order valence-corrected chi connectivity index (χ3v) is 5.26. The van der Waals surface area contributed by atoms with Crippen LogP contribution in [0.15, 0.2) is 54.6 Å². The second-order valence-corrected chi connectivity index (χ2v) is 7.63. The molecule has 2 aromatic carbocycles. The third kappa shape index (κ3) is 5.43. The van der Waals surface area contributed by atoms with Crippen LogP contribution in [0, 0.1) is 20.8 Å². The van der Waals surface area contributed by atoms with E-state index in [1.807, 2.05) is 18.5 Å². The average Bonchev–Trinajstić information content (AvgIpc) is 3.05. The molecule has 0 atom stereocenters. The molecular weight excluding hydrogens is 404 g/mol. The Labute approximate surface area is 188 Å². The van der Waals surface area contributed by atoms with E-state index < -0.39 is 6.09 Å². The maximum atomic E-state index is 12.4. The Balaban J connectivity index is 1.66. The quantitative estimate of drug-likeness (QED) is 0.572. The van der Waals surface area contributed by atoms with Crippen molar-refractivity contribution < 1.29 is 14.3 Å². The van der Waals surface area contributed by atoms with Crippen LogP contribution in [-0.2, 0) is 16.1 Å². The largest absolute Gasteiger partial charge is 0.452 e. The van der Waals surface area contributed by atoms with Crippen LogP contribution in [0.2, 0.25) is 0 Å².